The van der Waals surface area contributed by atoms with E-state index in [0.29, 0.717) is 40.3 Å². The highest BCUT2D eigenvalue weighted by Gasteiger charge is 2.31. The first-order chi connectivity index (χ1) is 20.3. The van der Waals surface area contributed by atoms with Crippen LogP contribution in [0.4, 0.5) is 11.4 Å². The molecule has 0 radical (unpaired) electrons. The van der Waals surface area contributed by atoms with E-state index in [1.165, 1.54) is 10.4 Å². The molecule has 3 aromatic rings. The molecule has 0 aliphatic carbocycles. The Bertz CT molecular complexity index is 1580. The number of rotatable bonds is 9. The molecule has 2 heterocycles. The van der Waals surface area contributed by atoms with Gasteiger partial charge in [-0.3, -0.25) is 9.59 Å². The third kappa shape index (κ3) is 6.27. The number of nitrogens with zero attached hydrogens (tertiary/aromatic N) is 2. The molecule has 0 spiro atoms. The van der Waals surface area contributed by atoms with Crippen LogP contribution in [-0.2, 0) is 14.8 Å². The number of anilines is 2. The van der Waals surface area contributed by atoms with E-state index >= 15 is 0 Å². The van der Waals surface area contributed by atoms with E-state index < -0.39 is 10.0 Å². The maximum absolute atomic E-state index is 13.4. The highest BCUT2D eigenvalue weighted by atomic mass is 32.2. The molecular formula is C33H38N4O4S. The number of hydrogen-bond donors (Lipinski definition) is 2. The van der Waals surface area contributed by atoms with Gasteiger partial charge in [-0.15, -0.1) is 0 Å². The number of carbonyl (C=O) groups excluding carboxylic acids is 2. The van der Waals surface area contributed by atoms with Gasteiger partial charge in [0.15, 0.2) is 0 Å². The van der Waals surface area contributed by atoms with Gasteiger partial charge in [-0.2, -0.15) is 0 Å². The van der Waals surface area contributed by atoms with Gasteiger partial charge in [0.1, 0.15) is 0 Å². The number of amides is 2. The fraction of sp³-hybridized carbons (Fsp3) is 0.333. The van der Waals surface area contributed by atoms with Crippen LogP contribution in [0.1, 0.15) is 66.9 Å². The topological polar surface area (TPSA) is 98.8 Å². The smallest absolute Gasteiger partial charge is 0.258 e. The van der Waals surface area contributed by atoms with E-state index in [9.17, 15) is 18.0 Å². The number of unbranched alkanes of at least 4 members (excludes halogenated alkanes) is 1. The molecule has 0 unspecified atom stereocenters. The van der Waals surface area contributed by atoms with Gasteiger partial charge in [-0.1, -0.05) is 56.5 Å². The molecule has 0 aromatic heterocycles. The lowest BCUT2D eigenvalue weighted by atomic mass is 10.00. The molecule has 1 fully saturated rings. The average molecular weight is 587 g/mol. The minimum Gasteiger partial charge on any atom is -0.354 e. The van der Waals surface area contributed by atoms with Crippen molar-refractivity contribution >= 4 is 44.5 Å². The van der Waals surface area contributed by atoms with Crippen molar-refractivity contribution in [3.8, 4) is 0 Å². The SMILES string of the molecule is CCCCN(C)S(=O)(=O)c1ccc2c(c1)/C(=C(/Nc1ccc(C(=O)N3CCCCCC3)cc1)c1ccccc1)C(=O)N2. The van der Waals surface area contributed by atoms with Crippen LogP contribution >= 0.6 is 0 Å². The molecule has 8 nitrogen and oxygen atoms in total. The summed E-state index contributed by atoms with van der Waals surface area (Å²) in [5.74, 6) is -0.287. The lowest BCUT2D eigenvalue weighted by Crippen LogP contribution is -2.31. The number of benzene rings is 3. The number of sulfonamides is 1. The second-order valence-corrected chi connectivity index (χ2v) is 12.9. The molecular weight excluding hydrogens is 548 g/mol. The van der Waals surface area contributed by atoms with Crippen LogP contribution in [0.5, 0.6) is 0 Å². The summed E-state index contributed by atoms with van der Waals surface area (Å²) in [4.78, 5) is 28.6. The van der Waals surface area contributed by atoms with Crippen LogP contribution in [0.3, 0.4) is 0 Å². The van der Waals surface area contributed by atoms with E-state index in [1.54, 1.807) is 19.2 Å². The molecule has 2 aliphatic heterocycles. The lowest BCUT2D eigenvalue weighted by Gasteiger charge is -2.20. The Labute approximate surface area is 248 Å². The minimum absolute atomic E-state index is 0.0341. The Kier molecular flexibility index (Phi) is 9.09. The van der Waals surface area contributed by atoms with Gasteiger partial charge >= 0.3 is 0 Å². The molecule has 2 aliphatic rings. The van der Waals surface area contributed by atoms with Crippen LogP contribution in [-0.4, -0.2) is 56.1 Å². The summed E-state index contributed by atoms with van der Waals surface area (Å²) in [7, 11) is -2.15. The highest BCUT2D eigenvalue weighted by Crippen LogP contribution is 2.39. The lowest BCUT2D eigenvalue weighted by molar-refractivity contribution is -0.110. The predicted molar refractivity (Wildman–Crippen MR) is 167 cm³/mol. The highest BCUT2D eigenvalue weighted by molar-refractivity contribution is 7.89. The molecule has 3 aromatic carbocycles. The van der Waals surface area contributed by atoms with Crippen LogP contribution in [0.15, 0.2) is 77.7 Å². The summed E-state index contributed by atoms with van der Waals surface area (Å²) in [6.07, 6.45) is 6.01. The van der Waals surface area contributed by atoms with Crippen LogP contribution in [0.2, 0.25) is 0 Å². The second kappa shape index (κ2) is 12.9. The van der Waals surface area contributed by atoms with Gasteiger partial charge in [0.25, 0.3) is 11.8 Å². The molecule has 1 saturated heterocycles. The maximum Gasteiger partial charge on any atom is 0.258 e. The molecule has 0 saturated carbocycles. The zero-order valence-electron chi connectivity index (χ0n) is 24.2. The van der Waals surface area contributed by atoms with Gasteiger partial charge < -0.3 is 15.5 Å². The normalized spacial score (nSPS) is 16.5. The quantitative estimate of drug-likeness (QED) is 0.297. The Morgan fingerprint density at radius 3 is 2.29 bits per heavy atom. The fourth-order valence-corrected chi connectivity index (χ4v) is 6.65. The van der Waals surface area contributed by atoms with Crippen molar-refractivity contribution in [2.75, 3.05) is 37.3 Å². The summed E-state index contributed by atoms with van der Waals surface area (Å²) in [6.45, 7) is 4.00. The predicted octanol–water partition coefficient (Wildman–Crippen LogP) is 6.06. The van der Waals surface area contributed by atoms with Crippen molar-refractivity contribution in [1.82, 2.24) is 9.21 Å². The summed E-state index contributed by atoms with van der Waals surface area (Å²) in [5.41, 5.74) is 4.08. The first-order valence-corrected chi connectivity index (χ1v) is 16.1. The van der Waals surface area contributed by atoms with Crippen LogP contribution in [0.25, 0.3) is 11.3 Å². The van der Waals surface area contributed by atoms with Gasteiger partial charge in [-0.25, -0.2) is 12.7 Å². The Balaban J connectivity index is 1.51. The van der Waals surface area contributed by atoms with Crippen molar-refractivity contribution in [3.05, 3.63) is 89.5 Å². The van der Waals surface area contributed by atoms with Crippen molar-refractivity contribution in [2.24, 2.45) is 0 Å². The monoisotopic (exact) mass is 586 g/mol. The zero-order valence-corrected chi connectivity index (χ0v) is 25.0. The molecule has 0 bridgehead atoms. The van der Waals surface area contributed by atoms with Gasteiger partial charge in [0.2, 0.25) is 10.0 Å². The number of fused-ring (bicyclic) bond motifs is 1. The second-order valence-electron chi connectivity index (χ2n) is 10.9. The third-order valence-corrected chi connectivity index (χ3v) is 9.73. The molecule has 2 N–H and O–H groups in total. The van der Waals surface area contributed by atoms with Crippen molar-refractivity contribution < 1.29 is 18.0 Å². The van der Waals surface area contributed by atoms with E-state index in [0.717, 1.165) is 57.2 Å². The summed E-state index contributed by atoms with van der Waals surface area (Å²) >= 11 is 0. The van der Waals surface area contributed by atoms with Crippen LogP contribution in [0, 0.1) is 0 Å². The summed E-state index contributed by atoms with van der Waals surface area (Å²) in [6, 6.07) is 21.5. The number of nitrogens with one attached hydrogen (secondary N) is 2. The molecule has 0 atom stereocenters. The van der Waals surface area contributed by atoms with Crippen molar-refractivity contribution in [1.29, 1.82) is 0 Å². The number of likely N-dealkylation sites (tertiary alicyclic amines) is 1. The van der Waals surface area contributed by atoms with Crippen molar-refractivity contribution in [2.45, 2.75) is 50.3 Å². The van der Waals surface area contributed by atoms with Crippen LogP contribution < -0.4 is 10.6 Å². The maximum atomic E-state index is 13.4. The van der Waals surface area contributed by atoms with E-state index in [1.807, 2.05) is 66.4 Å². The first-order valence-electron chi connectivity index (χ1n) is 14.7. The molecule has 9 heteroatoms. The Morgan fingerprint density at radius 2 is 1.62 bits per heavy atom. The molecule has 220 valence electrons. The largest absolute Gasteiger partial charge is 0.354 e. The van der Waals surface area contributed by atoms with E-state index in [2.05, 4.69) is 10.6 Å². The number of carbonyl (C=O) groups is 2. The van der Waals surface area contributed by atoms with Gasteiger partial charge in [-0.05, 0) is 67.3 Å². The minimum atomic E-state index is -3.73. The number of hydrogen-bond acceptors (Lipinski definition) is 5. The molecule has 5 rings (SSSR count). The first kappa shape index (κ1) is 29.5. The Morgan fingerprint density at radius 1 is 0.929 bits per heavy atom. The van der Waals surface area contributed by atoms with Crippen molar-refractivity contribution in [3.63, 3.8) is 0 Å². The molecule has 42 heavy (non-hydrogen) atoms. The average Bonchev–Trinajstić information content (AvgIpc) is 3.15. The fourth-order valence-electron chi connectivity index (χ4n) is 5.42. The Hall–Kier alpha value is -3.95. The zero-order chi connectivity index (χ0) is 29.7. The van der Waals surface area contributed by atoms with Gasteiger partial charge in [0, 0.05) is 49.2 Å². The molecule has 2 amide bonds. The summed E-state index contributed by atoms with van der Waals surface area (Å²) in [5, 5.41) is 6.30. The van der Waals surface area contributed by atoms with Gasteiger partial charge in [0.05, 0.1) is 16.2 Å². The standard InChI is InChI=1S/C33H38N4O4S/c1-3-4-20-36(2)42(40,41)27-18-19-29-28(23-27)30(32(38)35-29)31(24-12-8-7-9-13-24)34-26-16-14-25(15-17-26)33(39)37-21-10-5-6-11-22-37/h7-9,12-19,23,34H,3-6,10-11,20-22H2,1-2H3,(H,35,38)/b31-30-. The summed E-state index contributed by atoms with van der Waals surface area (Å²) < 4.78 is 28.0. The third-order valence-electron chi connectivity index (χ3n) is 7.88. The van der Waals surface area contributed by atoms with E-state index in [-0.39, 0.29) is 16.7 Å². The van der Waals surface area contributed by atoms with E-state index in [4.69, 9.17) is 0 Å².